The molecule has 5 heteroatoms. The van der Waals surface area contributed by atoms with Crippen molar-refractivity contribution in [1.29, 1.82) is 0 Å². The van der Waals surface area contributed by atoms with Gasteiger partial charge >= 0.3 is 0 Å². The lowest BCUT2D eigenvalue weighted by molar-refractivity contribution is 0.254. The minimum Gasteiger partial charge on any atom is -0.497 e. The van der Waals surface area contributed by atoms with Crippen LogP contribution in [0.4, 0.5) is 0 Å². The molecule has 0 N–H and O–H groups in total. The molecule has 2 aromatic carbocycles. The third kappa shape index (κ3) is 4.66. The molecule has 0 saturated heterocycles. The van der Waals surface area contributed by atoms with Crippen LogP contribution in [0.2, 0.25) is 0 Å². The Morgan fingerprint density at radius 3 is 2.42 bits per heavy atom. The molecule has 0 aliphatic heterocycles. The van der Waals surface area contributed by atoms with Crippen LogP contribution < -0.4 is 19.6 Å². The highest BCUT2D eigenvalue weighted by Gasteiger charge is 2.06. The molecule has 0 spiro atoms. The van der Waals surface area contributed by atoms with Crippen molar-refractivity contribution in [1.82, 2.24) is 0 Å². The van der Waals surface area contributed by atoms with Gasteiger partial charge in [-0.05, 0) is 42.3 Å². The molecule has 134 valence electrons. The van der Waals surface area contributed by atoms with Crippen molar-refractivity contribution in [3.63, 3.8) is 0 Å². The van der Waals surface area contributed by atoms with Crippen molar-refractivity contribution in [3.05, 3.63) is 88.0 Å². The predicted octanol–water partition coefficient (Wildman–Crippen LogP) is 4.11. The van der Waals surface area contributed by atoms with Gasteiger partial charge in [0.2, 0.25) is 11.2 Å². The van der Waals surface area contributed by atoms with Crippen LogP contribution in [-0.4, -0.2) is 7.11 Å². The second-order valence-electron chi connectivity index (χ2n) is 5.82. The molecular formula is C21H20O5. The summed E-state index contributed by atoms with van der Waals surface area (Å²) < 4.78 is 21.7. The lowest BCUT2D eigenvalue weighted by Crippen LogP contribution is -2.09. The van der Waals surface area contributed by atoms with Gasteiger partial charge in [-0.1, -0.05) is 24.3 Å². The monoisotopic (exact) mass is 352 g/mol. The number of aryl methyl sites for hydroxylation is 1. The normalized spacial score (nSPS) is 10.4. The second-order valence-corrected chi connectivity index (χ2v) is 5.82. The molecule has 0 aliphatic carbocycles. The molecule has 5 nitrogen and oxygen atoms in total. The van der Waals surface area contributed by atoms with Crippen molar-refractivity contribution in [2.45, 2.75) is 20.1 Å². The van der Waals surface area contributed by atoms with E-state index in [1.165, 1.54) is 12.3 Å². The minimum absolute atomic E-state index is 0.167. The smallest absolute Gasteiger partial charge is 0.227 e. The molecule has 0 fully saturated rings. The molecule has 0 amide bonds. The van der Waals surface area contributed by atoms with Gasteiger partial charge in [0.1, 0.15) is 36.7 Å². The van der Waals surface area contributed by atoms with Crippen LogP contribution in [0.1, 0.15) is 16.9 Å². The maximum atomic E-state index is 12.2. The Hall–Kier alpha value is -3.21. The highest BCUT2D eigenvalue weighted by atomic mass is 16.5. The van der Waals surface area contributed by atoms with E-state index >= 15 is 0 Å². The molecule has 26 heavy (non-hydrogen) atoms. The zero-order valence-electron chi connectivity index (χ0n) is 14.7. The van der Waals surface area contributed by atoms with Crippen LogP contribution in [0.5, 0.6) is 17.2 Å². The van der Waals surface area contributed by atoms with Crippen molar-refractivity contribution in [2.75, 3.05) is 7.11 Å². The summed E-state index contributed by atoms with van der Waals surface area (Å²) in [6.07, 6.45) is 1.32. The molecule has 0 aliphatic rings. The van der Waals surface area contributed by atoms with Gasteiger partial charge in [0, 0.05) is 6.07 Å². The fourth-order valence-corrected chi connectivity index (χ4v) is 2.36. The molecule has 1 aromatic heterocycles. The molecule has 0 saturated carbocycles. The summed E-state index contributed by atoms with van der Waals surface area (Å²) in [6.45, 7) is 2.44. The summed E-state index contributed by atoms with van der Waals surface area (Å²) in [5, 5.41) is 0. The first-order chi connectivity index (χ1) is 12.6. The van der Waals surface area contributed by atoms with Crippen LogP contribution in [0.15, 0.2) is 70.1 Å². The van der Waals surface area contributed by atoms with E-state index in [-0.39, 0.29) is 24.4 Å². The number of ether oxygens (including phenoxy) is 3. The maximum Gasteiger partial charge on any atom is 0.227 e. The van der Waals surface area contributed by atoms with Gasteiger partial charge < -0.3 is 18.6 Å². The molecule has 0 atom stereocenters. The average Bonchev–Trinajstić information content (AvgIpc) is 2.66. The highest BCUT2D eigenvalue weighted by Crippen LogP contribution is 2.16. The Bertz CT molecular complexity index is 912. The maximum absolute atomic E-state index is 12.2. The van der Waals surface area contributed by atoms with Crippen molar-refractivity contribution < 1.29 is 18.6 Å². The Labute approximate surface area is 151 Å². The summed E-state index contributed by atoms with van der Waals surface area (Å²) >= 11 is 0. The van der Waals surface area contributed by atoms with E-state index in [2.05, 4.69) is 0 Å². The Morgan fingerprint density at radius 1 is 0.923 bits per heavy atom. The predicted molar refractivity (Wildman–Crippen MR) is 97.8 cm³/mol. The minimum atomic E-state index is -0.243. The first-order valence-corrected chi connectivity index (χ1v) is 8.21. The average molecular weight is 352 g/mol. The molecule has 1 heterocycles. The van der Waals surface area contributed by atoms with Crippen molar-refractivity contribution in [3.8, 4) is 17.2 Å². The SMILES string of the molecule is COc1ccc(COc2coc(COc3cccc(C)c3)cc2=O)cc1. The Morgan fingerprint density at radius 2 is 1.73 bits per heavy atom. The first kappa shape index (κ1) is 17.6. The van der Waals surface area contributed by atoms with Crippen LogP contribution >= 0.6 is 0 Å². The number of rotatable bonds is 7. The van der Waals surface area contributed by atoms with Crippen molar-refractivity contribution >= 4 is 0 Å². The largest absolute Gasteiger partial charge is 0.497 e. The van der Waals surface area contributed by atoms with Gasteiger partial charge in [-0.15, -0.1) is 0 Å². The van der Waals surface area contributed by atoms with Gasteiger partial charge in [-0.25, -0.2) is 0 Å². The second kappa shape index (κ2) is 8.25. The van der Waals surface area contributed by atoms with E-state index in [9.17, 15) is 4.79 Å². The van der Waals surface area contributed by atoms with Gasteiger partial charge in [0.25, 0.3) is 0 Å². The van der Waals surface area contributed by atoms with E-state index in [1.54, 1.807) is 7.11 Å². The summed E-state index contributed by atoms with van der Waals surface area (Å²) in [7, 11) is 1.61. The quantitative estimate of drug-likeness (QED) is 0.640. The van der Waals surface area contributed by atoms with E-state index in [0.29, 0.717) is 5.76 Å². The Balaban J connectivity index is 1.59. The zero-order valence-corrected chi connectivity index (χ0v) is 14.7. The molecule has 0 radical (unpaired) electrons. The number of hydrogen-bond acceptors (Lipinski definition) is 5. The first-order valence-electron chi connectivity index (χ1n) is 8.21. The molecule has 0 bridgehead atoms. The van der Waals surface area contributed by atoms with E-state index < -0.39 is 0 Å². The zero-order chi connectivity index (χ0) is 18.4. The highest BCUT2D eigenvalue weighted by molar-refractivity contribution is 5.28. The summed E-state index contributed by atoms with van der Waals surface area (Å²) in [6, 6.07) is 16.5. The van der Waals surface area contributed by atoms with Crippen molar-refractivity contribution in [2.24, 2.45) is 0 Å². The summed E-state index contributed by atoms with van der Waals surface area (Å²) in [5.74, 6) is 2.10. The van der Waals surface area contributed by atoms with E-state index in [4.69, 9.17) is 18.6 Å². The fourth-order valence-electron chi connectivity index (χ4n) is 2.36. The van der Waals surface area contributed by atoms with Crippen LogP contribution in [0, 0.1) is 6.92 Å². The third-order valence-electron chi connectivity index (χ3n) is 3.78. The van der Waals surface area contributed by atoms with Crippen LogP contribution in [0.25, 0.3) is 0 Å². The lowest BCUT2D eigenvalue weighted by atomic mass is 10.2. The number of methoxy groups -OCH3 is 1. The van der Waals surface area contributed by atoms with Gasteiger partial charge in [0.15, 0.2) is 0 Å². The topological polar surface area (TPSA) is 57.9 Å². The number of hydrogen-bond donors (Lipinski definition) is 0. The molecular weight excluding hydrogens is 332 g/mol. The van der Waals surface area contributed by atoms with Gasteiger partial charge in [0.05, 0.1) is 7.11 Å². The molecule has 3 aromatic rings. The van der Waals surface area contributed by atoms with Gasteiger partial charge in [-0.3, -0.25) is 4.79 Å². The van der Waals surface area contributed by atoms with Crippen LogP contribution in [0.3, 0.4) is 0 Å². The lowest BCUT2D eigenvalue weighted by Gasteiger charge is -2.08. The summed E-state index contributed by atoms with van der Waals surface area (Å²) in [5.41, 5.74) is 1.79. The standard InChI is InChI=1S/C21H20O5/c1-15-4-3-5-18(10-15)24-13-19-11-20(22)21(14-25-19)26-12-16-6-8-17(23-2)9-7-16/h3-11,14H,12-13H2,1-2H3. The van der Waals surface area contributed by atoms with Gasteiger partial charge in [-0.2, -0.15) is 0 Å². The fraction of sp³-hybridized carbons (Fsp3) is 0.190. The van der Waals surface area contributed by atoms with E-state index in [1.807, 2.05) is 55.5 Å². The number of benzene rings is 2. The van der Waals surface area contributed by atoms with Crippen LogP contribution in [-0.2, 0) is 13.2 Å². The summed E-state index contributed by atoms with van der Waals surface area (Å²) in [4.78, 5) is 12.2. The van der Waals surface area contributed by atoms with E-state index in [0.717, 1.165) is 22.6 Å². The Kier molecular flexibility index (Phi) is 5.59. The molecule has 3 rings (SSSR count). The molecule has 0 unspecified atom stereocenters. The third-order valence-corrected chi connectivity index (χ3v) is 3.78.